The van der Waals surface area contributed by atoms with E-state index in [4.69, 9.17) is 43.1 Å². The molecule has 21 heteroatoms. The number of aryl methyl sites for hydroxylation is 3. The minimum atomic E-state index is -3.75. The molecule has 2 aliphatic rings. The van der Waals surface area contributed by atoms with Crippen molar-refractivity contribution in [2.75, 3.05) is 112 Å². The van der Waals surface area contributed by atoms with E-state index in [1.807, 2.05) is 17.5 Å². The van der Waals surface area contributed by atoms with Gasteiger partial charge in [-0.3, -0.25) is 0 Å². The largest absolute Gasteiger partial charge is 0.497 e. The Morgan fingerprint density at radius 1 is 0.493 bits per heavy atom. The monoisotopic (exact) mass is 1050 g/mol. The van der Waals surface area contributed by atoms with Gasteiger partial charge in [0, 0.05) is 88.1 Å². The molecule has 0 amide bonds. The van der Waals surface area contributed by atoms with Gasteiger partial charge in [-0.1, -0.05) is 17.7 Å². The van der Waals surface area contributed by atoms with E-state index in [9.17, 15) is 16.8 Å². The van der Waals surface area contributed by atoms with Crippen LogP contribution in [0.2, 0.25) is 0 Å². The maximum absolute atomic E-state index is 13.4. The average Bonchev–Trinajstić information content (AvgIpc) is 4.07. The number of hydrogen-bond donors (Lipinski definition) is 0. The van der Waals surface area contributed by atoms with Crippen LogP contribution in [0.1, 0.15) is 39.2 Å². The van der Waals surface area contributed by atoms with E-state index in [0.717, 1.165) is 33.6 Å². The number of benzene rings is 4. The molecule has 0 radical (unpaired) electrons. The van der Waals surface area contributed by atoms with Gasteiger partial charge in [0.15, 0.2) is 21.8 Å². The number of aromatic nitrogens is 2. The Bertz CT molecular complexity index is 2970. The highest BCUT2D eigenvalue weighted by Crippen LogP contribution is 2.39. The van der Waals surface area contributed by atoms with Gasteiger partial charge < -0.3 is 43.0 Å². The van der Waals surface area contributed by atoms with Gasteiger partial charge in [-0.25, -0.2) is 26.8 Å². The topological polar surface area (TPSA) is 172 Å². The second-order valence-electron chi connectivity index (χ2n) is 16.8. The summed E-state index contributed by atoms with van der Waals surface area (Å²) in [5.41, 5.74) is 8.12. The Labute approximate surface area is 425 Å². The number of thiazole rings is 2. The minimum Gasteiger partial charge on any atom is -0.497 e. The Balaban J connectivity index is 0.000000209. The highest BCUT2D eigenvalue weighted by atomic mass is 32.2. The summed E-state index contributed by atoms with van der Waals surface area (Å²) in [4.78, 5) is 14.2. The third kappa shape index (κ3) is 11.9. The number of anilines is 2. The van der Waals surface area contributed by atoms with Gasteiger partial charge in [-0.05, 0) is 79.4 Å². The van der Waals surface area contributed by atoms with E-state index in [-0.39, 0.29) is 9.79 Å². The van der Waals surface area contributed by atoms with Gasteiger partial charge in [0.1, 0.15) is 32.8 Å². The number of rotatable bonds is 17. The first-order valence-corrected chi connectivity index (χ1v) is 27.4. The summed E-state index contributed by atoms with van der Waals surface area (Å²) in [6.07, 6.45) is 1.40. The quantitative estimate of drug-likeness (QED) is 0.0880. The van der Waals surface area contributed by atoms with Crippen LogP contribution in [-0.2, 0) is 32.9 Å². The molecule has 17 nitrogen and oxygen atoms in total. The number of ether oxygens (including phenoxy) is 7. The molecule has 2 saturated heterocycles. The predicted molar refractivity (Wildman–Crippen MR) is 278 cm³/mol. The van der Waals surface area contributed by atoms with Crippen LogP contribution in [0, 0.1) is 20.8 Å². The summed E-state index contributed by atoms with van der Waals surface area (Å²) in [5.74, 6) is 3.28. The summed E-state index contributed by atoms with van der Waals surface area (Å²) in [6, 6.07) is 17.9. The molecule has 71 heavy (non-hydrogen) atoms. The Morgan fingerprint density at radius 3 is 1.28 bits per heavy atom. The van der Waals surface area contributed by atoms with Crippen LogP contribution < -0.4 is 43.0 Å². The second kappa shape index (κ2) is 23.1. The van der Waals surface area contributed by atoms with E-state index in [1.165, 1.54) is 71.4 Å². The average molecular weight is 1050 g/mol. The van der Waals surface area contributed by atoms with Gasteiger partial charge >= 0.3 is 0 Å². The lowest BCUT2D eigenvalue weighted by atomic mass is 9.96. The lowest BCUT2D eigenvalue weighted by Gasteiger charge is -2.34. The molecular weight excluding hydrogens is 989 g/mol. The van der Waals surface area contributed by atoms with Crippen LogP contribution in [0.3, 0.4) is 0 Å². The molecule has 0 aliphatic carbocycles. The Hall–Kier alpha value is -5.84. The molecule has 2 fully saturated rings. The normalized spacial score (nSPS) is 14.6. The molecule has 2 aliphatic heterocycles. The standard InChI is InChI=1S/C25H31N3O7S2.C25H31N3O4S2/c1-31-19-6-7-20(32-2)23(15-19)37(29,30)28-10-8-27(9-11-28)25-26-18(16-36-25)12-17-13-21(33-3)24(35-5)22(14-17)34-4;1-17-12-18(2)22(19(3)13-17)14-20-16-33-25(26-20)27-8-10-28(11-9-27)34(29,30)24-15-21(31-4)6-7-23(24)32-5/h6-7,13-16H,8-12H2,1-5H3;6-7,12-13,15-16H,8-11,14H2,1-5H3. The molecular formula is C50H62N6O11S4. The Kier molecular flexibility index (Phi) is 17.3. The molecule has 0 bridgehead atoms. The summed E-state index contributed by atoms with van der Waals surface area (Å²) in [6.45, 7) is 10.1. The summed E-state index contributed by atoms with van der Waals surface area (Å²) in [7, 11) is 3.24. The third-order valence-electron chi connectivity index (χ3n) is 12.4. The summed E-state index contributed by atoms with van der Waals surface area (Å²) < 4.78 is 93.7. The zero-order chi connectivity index (χ0) is 51.0. The van der Waals surface area contributed by atoms with Crippen LogP contribution in [0.5, 0.6) is 40.2 Å². The van der Waals surface area contributed by atoms with Crippen LogP contribution in [0.15, 0.2) is 81.2 Å². The number of methoxy groups -OCH3 is 7. The number of nitrogens with zero attached hydrogens (tertiary/aromatic N) is 6. The third-order valence-corrected chi connectivity index (χ3v) is 18.1. The van der Waals surface area contributed by atoms with Crippen molar-refractivity contribution in [3.8, 4) is 40.2 Å². The molecule has 0 unspecified atom stereocenters. The van der Waals surface area contributed by atoms with Crippen molar-refractivity contribution in [2.45, 2.75) is 43.4 Å². The van der Waals surface area contributed by atoms with Crippen LogP contribution in [-0.4, -0.2) is 138 Å². The first-order valence-electron chi connectivity index (χ1n) is 22.8. The van der Waals surface area contributed by atoms with Gasteiger partial charge in [0.2, 0.25) is 25.8 Å². The smallest absolute Gasteiger partial charge is 0.247 e. The van der Waals surface area contributed by atoms with Gasteiger partial charge in [-0.2, -0.15) is 8.61 Å². The van der Waals surface area contributed by atoms with Crippen LogP contribution in [0.25, 0.3) is 0 Å². The maximum atomic E-state index is 13.4. The van der Waals surface area contributed by atoms with E-state index in [0.29, 0.717) is 99.0 Å². The second-order valence-corrected chi connectivity index (χ2v) is 22.3. The minimum absolute atomic E-state index is 0.102. The SMILES string of the molecule is COc1ccc(OC)c(S(=O)(=O)N2CCN(c3nc(Cc4c(C)cc(C)cc4C)cs3)CC2)c1.COc1ccc(OC)c(S(=O)(=O)N2CCN(c3nc(Cc4cc(OC)c(OC)c(OC)c4)cs3)CC2)c1. The summed E-state index contributed by atoms with van der Waals surface area (Å²) >= 11 is 3.16. The lowest BCUT2D eigenvalue weighted by molar-refractivity contribution is 0.324. The maximum Gasteiger partial charge on any atom is 0.247 e. The number of hydrogen-bond acceptors (Lipinski definition) is 17. The fraction of sp³-hybridized carbons (Fsp3) is 0.400. The first-order chi connectivity index (χ1) is 34.1. The highest BCUT2D eigenvalue weighted by Gasteiger charge is 2.34. The Morgan fingerprint density at radius 2 is 0.901 bits per heavy atom. The fourth-order valence-electron chi connectivity index (χ4n) is 8.65. The van der Waals surface area contributed by atoms with Crippen molar-refractivity contribution in [3.05, 3.63) is 111 Å². The van der Waals surface area contributed by atoms with Crippen molar-refractivity contribution in [1.29, 1.82) is 0 Å². The molecule has 6 aromatic rings. The molecule has 8 rings (SSSR count). The molecule has 0 N–H and O–H groups in total. The van der Waals surface area contributed by atoms with Crippen molar-refractivity contribution >= 4 is 53.0 Å². The van der Waals surface area contributed by atoms with Gasteiger partial charge in [0.05, 0.1) is 61.2 Å². The van der Waals surface area contributed by atoms with Crippen LogP contribution in [0.4, 0.5) is 10.3 Å². The van der Waals surface area contributed by atoms with E-state index < -0.39 is 20.0 Å². The molecule has 4 heterocycles. The highest BCUT2D eigenvalue weighted by molar-refractivity contribution is 7.89. The number of sulfonamides is 2. The van der Waals surface area contributed by atoms with Gasteiger partial charge in [0.25, 0.3) is 0 Å². The molecule has 2 aromatic heterocycles. The van der Waals surface area contributed by atoms with Crippen molar-refractivity contribution in [2.24, 2.45) is 0 Å². The zero-order valence-corrected chi connectivity index (χ0v) is 45.1. The molecule has 0 saturated carbocycles. The van der Waals surface area contributed by atoms with Crippen molar-refractivity contribution in [1.82, 2.24) is 18.6 Å². The molecule has 382 valence electrons. The van der Waals surface area contributed by atoms with Gasteiger partial charge in [-0.15, -0.1) is 22.7 Å². The van der Waals surface area contributed by atoms with Crippen molar-refractivity contribution < 1.29 is 50.0 Å². The fourth-order valence-corrected chi connectivity index (χ4v) is 13.6. The van der Waals surface area contributed by atoms with Crippen molar-refractivity contribution in [3.63, 3.8) is 0 Å². The predicted octanol–water partition coefficient (Wildman–Crippen LogP) is 7.48. The molecule has 4 aromatic carbocycles. The molecule has 0 spiro atoms. The van der Waals surface area contributed by atoms with Crippen LogP contribution >= 0.6 is 22.7 Å². The number of piperazine rings is 2. The van der Waals surface area contributed by atoms with E-state index >= 15 is 0 Å². The molecule has 0 atom stereocenters. The van der Waals surface area contributed by atoms with E-state index in [1.54, 1.807) is 68.3 Å². The lowest BCUT2D eigenvalue weighted by Crippen LogP contribution is -2.48. The zero-order valence-electron chi connectivity index (χ0n) is 41.8. The first kappa shape index (κ1) is 53.0. The summed E-state index contributed by atoms with van der Waals surface area (Å²) in [5, 5.41) is 5.92. The van der Waals surface area contributed by atoms with E-state index in [2.05, 4.69) is 48.1 Å².